The summed E-state index contributed by atoms with van der Waals surface area (Å²) in [5, 5.41) is 14.4. The first-order valence-corrected chi connectivity index (χ1v) is 7.85. The predicted molar refractivity (Wildman–Crippen MR) is 80.3 cm³/mol. The van der Waals surface area contributed by atoms with Crippen LogP contribution < -0.4 is 10.6 Å². The van der Waals surface area contributed by atoms with E-state index in [0.29, 0.717) is 12.2 Å². The van der Waals surface area contributed by atoms with Crippen LogP contribution in [0.15, 0.2) is 12.5 Å². The largest absolute Gasteiger partial charge is 0.480 e. The standard InChI is InChI=1S/C13H20N4O3S/c1-13(3-2-4-21-13)7-15-12(20)17-10(11(18)19)5-9-6-14-8-16-9/h6,8,10H,2-5,7H2,1H3,(H,14,16)(H,18,19)(H2,15,17,20). The number of imidazole rings is 1. The van der Waals surface area contributed by atoms with Crippen molar-refractivity contribution in [3.63, 3.8) is 0 Å². The molecule has 7 nitrogen and oxygen atoms in total. The zero-order valence-corrected chi connectivity index (χ0v) is 12.7. The number of H-pyrrole nitrogens is 1. The molecule has 0 bridgehead atoms. The summed E-state index contributed by atoms with van der Waals surface area (Å²) in [7, 11) is 0. The van der Waals surface area contributed by atoms with Crippen LogP contribution in [0.2, 0.25) is 0 Å². The van der Waals surface area contributed by atoms with Gasteiger partial charge in [-0.15, -0.1) is 0 Å². The van der Waals surface area contributed by atoms with Gasteiger partial charge in [-0.3, -0.25) is 0 Å². The van der Waals surface area contributed by atoms with E-state index in [9.17, 15) is 14.7 Å². The maximum absolute atomic E-state index is 11.9. The highest BCUT2D eigenvalue weighted by Gasteiger charge is 2.30. The van der Waals surface area contributed by atoms with Gasteiger partial charge in [-0.1, -0.05) is 0 Å². The number of carboxylic acid groups (broad SMARTS) is 1. The van der Waals surface area contributed by atoms with Crippen LogP contribution in [0.5, 0.6) is 0 Å². The van der Waals surface area contributed by atoms with Crippen LogP contribution in [0, 0.1) is 0 Å². The molecule has 1 aromatic heterocycles. The van der Waals surface area contributed by atoms with E-state index in [1.165, 1.54) is 6.33 Å². The molecule has 1 aromatic rings. The van der Waals surface area contributed by atoms with Crippen molar-refractivity contribution in [3.05, 3.63) is 18.2 Å². The zero-order chi connectivity index (χ0) is 15.3. The van der Waals surface area contributed by atoms with Crippen LogP contribution in [0.1, 0.15) is 25.5 Å². The summed E-state index contributed by atoms with van der Waals surface area (Å²) in [6.45, 7) is 2.66. The van der Waals surface area contributed by atoms with E-state index in [0.717, 1.165) is 18.6 Å². The molecule has 2 atom stereocenters. The Balaban J connectivity index is 1.82. The molecule has 0 aliphatic carbocycles. The topological polar surface area (TPSA) is 107 Å². The summed E-state index contributed by atoms with van der Waals surface area (Å²) in [4.78, 5) is 29.7. The Morgan fingerprint density at radius 1 is 1.62 bits per heavy atom. The number of rotatable bonds is 6. The molecule has 2 rings (SSSR count). The van der Waals surface area contributed by atoms with Crippen molar-refractivity contribution in [1.29, 1.82) is 0 Å². The quantitative estimate of drug-likeness (QED) is 0.626. The lowest BCUT2D eigenvalue weighted by Gasteiger charge is -2.23. The number of hydrogen-bond donors (Lipinski definition) is 4. The molecule has 0 radical (unpaired) electrons. The number of nitrogens with one attached hydrogen (secondary N) is 3. The van der Waals surface area contributed by atoms with Crippen molar-refractivity contribution in [2.75, 3.05) is 12.3 Å². The molecule has 2 heterocycles. The second-order valence-electron chi connectivity index (χ2n) is 5.40. The van der Waals surface area contributed by atoms with Crippen LogP contribution in [0.4, 0.5) is 4.79 Å². The monoisotopic (exact) mass is 312 g/mol. The van der Waals surface area contributed by atoms with E-state index in [4.69, 9.17) is 0 Å². The number of carbonyl (C=O) groups excluding carboxylic acids is 1. The maximum atomic E-state index is 11.9. The van der Waals surface area contributed by atoms with Crippen molar-refractivity contribution >= 4 is 23.8 Å². The number of aromatic amines is 1. The van der Waals surface area contributed by atoms with Gasteiger partial charge in [0.15, 0.2) is 0 Å². The lowest BCUT2D eigenvalue weighted by molar-refractivity contribution is -0.139. The summed E-state index contributed by atoms with van der Waals surface area (Å²) >= 11 is 1.84. The minimum atomic E-state index is -1.07. The molecule has 1 aliphatic rings. The van der Waals surface area contributed by atoms with Crippen molar-refractivity contribution in [3.8, 4) is 0 Å². The van der Waals surface area contributed by atoms with Gasteiger partial charge in [0.25, 0.3) is 0 Å². The van der Waals surface area contributed by atoms with E-state index in [-0.39, 0.29) is 11.2 Å². The summed E-state index contributed by atoms with van der Waals surface area (Å²) < 4.78 is 0.0550. The number of carbonyl (C=O) groups is 2. The number of aliphatic carboxylic acids is 1. The highest BCUT2D eigenvalue weighted by atomic mass is 32.2. The third-order valence-corrected chi connectivity index (χ3v) is 5.04. The highest BCUT2D eigenvalue weighted by molar-refractivity contribution is 8.00. The Labute approximate surface area is 127 Å². The molecule has 2 amide bonds. The molecule has 0 aromatic carbocycles. The van der Waals surface area contributed by atoms with E-state index < -0.39 is 18.0 Å². The third kappa shape index (κ3) is 4.66. The molecular weight excluding hydrogens is 292 g/mol. The van der Waals surface area contributed by atoms with Gasteiger partial charge in [-0.25, -0.2) is 14.6 Å². The molecular formula is C13H20N4O3S. The number of hydrogen-bond acceptors (Lipinski definition) is 4. The first-order chi connectivity index (χ1) is 9.98. The van der Waals surface area contributed by atoms with Gasteiger partial charge in [0.05, 0.1) is 6.33 Å². The van der Waals surface area contributed by atoms with Crippen molar-refractivity contribution < 1.29 is 14.7 Å². The molecule has 1 fully saturated rings. The van der Waals surface area contributed by atoms with Crippen LogP contribution in [-0.4, -0.2) is 50.2 Å². The average molecular weight is 312 g/mol. The normalized spacial score (nSPS) is 22.7. The van der Waals surface area contributed by atoms with Crippen LogP contribution in [0.25, 0.3) is 0 Å². The molecule has 4 N–H and O–H groups in total. The lowest BCUT2D eigenvalue weighted by Crippen LogP contribution is -2.49. The Morgan fingerprint density at radius 2 is 2.43 bits per heavy atom. The summed E-state index contributed by atoms with van der Waals surface area (Å²) in [6, 6.07) is -1.43. The molecule has 1 saturated heterocycles. The Bertz CT molecular complexity index is 486. The van der Waals surface area contributed by atoms with E-state index in [1.807, 2.05) is 11.8 Å². The van der Waals surface area contributed by atoms with E-state index in [2.05, 4.69) is 27.5 Å². The minimum Gasteiger partial charge on any atom is -0.480 e. The number of thioether (sulfide) groups is 1. The van der Waals surface area contributed by atoms with Crippen LogP contribution >= 0.6 is 11.8 Å². The average Bonchev–Trinajstić information content (AvgIpc) is 3.08. The fourth-order valence-corrected chi connectivity index (χ4v) is 3.51. The maximum Gasteiger partial charge on any atom is 0.326 e. The van der Waals surface area contributed by atoms with Crippen LogP contribution in [0.3, 0.4) is 0 Å². The minimum absolute atomic E-state index is 0.0550. The molecule has 116 valence electrons. The lowest BCUT2D eigenvalue weighted by atomic mass is 10.1. The Kier molecular flexibility index (Phi) is 5.11. The van der Waals surface area contributed by atoms with Gasteiger partial charge in [-0.05, 0) is 25.5 Å². The van der Waals surface area contributed by atoms with Crippen LogP contribution in [-0.2, 0) is 11.2 Å². The zero-order valence-electron chi connectivity index (χ0n) is 11.9. The molecule has 21 heavy (non-hydrogen) atoms. The van der Waals surface area contributed by atoms with Gasteiger partial charge in [-0.2, -0.15) is 11.8 Å². The van der Waals surface area contributed by atoms with Gasteiger partial charge in [0.2, 0.25) is 0 Å². The Hall–Kier alpha value is -1.70. The number of carboxylic acids is 1. The van der Waals surface area contributed by atoms with Gasteiger partial charge < -0.3 is 20.7 Å². The third-order valence-electron chi connectivity index (χ3n) is 3.51. The Morgan fingerprint density at radius 3 is 3.00 bits per heavy atom. The highest BCUT2D eigenvalue weighted by Crippen LogP contribution is 2.36. The van der Waals surface area contributed by atoms with Crippen molar-refractivity contribution in [1.82, 2.24) is 20.6 Å². The molecule has 1 aliphatic heterocycles. The fourth-order valence-electron chi connectivity index (χ4n) is 2.27. The number of aromatic nitrogens is 2. The smallest absolute Gasteiger partial charge is 0.326 e. The van der Waals surface area contributed by atoms with E-state index >= 15 is 0 Å². The number of amides is 2. The number of urea groups is 1. The molecule has 2 unspecified atom stereocenters. The SMILES string of the molecule is CC1(CNC(=O)NC(Cc2cnc[nH]2)C(=O)O)CCCS1. The second-order valence-corrected chi connectivity index (χ2v) is 7.08. The predicted octanol–water partition coefficient (Wildman–Crippen LogP) is 0.990. The van der Waals surface area contributed by atoms with Crippen molar-refractivity contribution in [2.45, 2.75) is 37.0 Å². The molecule has 8 heteroatoms. The number of nitrogens with zero attached hydrogens (tertiary/aromatic N) is 1. The first-order valence-electron chi connectivity index (χ1n) is 6.87. The first kappa shape index (κ1) is 15.7. The van der Waals surface area contributed by atoms with E-state index in [1.54, 1.807) is 6.20 Å². The summed E-state index contributed by atoms with van der Waals surface area (Å²) in [6.07, 6.45) is 5.42. The molecule has 0 saturated carbocycles. The fraction of sp³-hybridized carbons (Fsp3) is 0.615. The molecule has 0 spiro atoms. The summed E-state index contributed by atoms with van der Waals surface area (Å²) in [5.74, 6) is 0.0402. The summed E-state index contributed by atoms with van der Waals surface area (Å²) in [5.41, 5.74) is 0.668. The van der Waals surface area contributed by atoms with Gasteiger partial charge >= 0.3 is 12.0 Å². The second kappa shape index (κ2) is 6.84. The van der Waals surface area contributed by atoms with Gasteiger partial charge in [0.1, 0.15) is 6.04 Å². The van der Waals surface area contributed by atoms with Crippen molar-refractivity contribution in [2.24, 2.45) is 0 Å². The van der Waals surface area contributed by atoms with Gasteiger partial charge in [0, 0.05) is 29.6 Å².